The highest BCUT2D eigenvalue weighted by atomic mass is 16.5. The zero-order chi connectivity index (χ0) is 20.1. The minimum Gasteiger partial charge on any atom is -0.497 e. The number of benzene rings is 2. The minimum absolute atomic E-state index is 0.0288. The van der Waals surface area contributed by atoms with Gasteiger partial charge in [0, 0.05) is 17.6 Å². The van der Waals surface area contributed by atoms with E-state index < -0.39 is 0 Å². The van der Waals surface area contributed by atoms with Gasteiger partial charge in [-0.25, -0.2) is 0 Å². The topological polar surface area (TPSA) is 73.1 Å². The van der Waals surface area contributed by atoms with Crippen molar-refractivity contribution in [1.29, 1.82) is 0 Å². The van der Waals surface area contributed by atoms with Crippen LogP contribution in [0.15, 0.2) is 54.6 Å². The van der Waals surface area contributed by atoms with E-state index in [-0.39, 0.29) is 18.0 Å². The highest BCUT2D eigenvalue weighted by Crippen LogP contribution is 2.21. The van der Waals surface area contributed by atoms with Crippen molar-refractivity contribution in [3.8, 4) is 17.1 Å². The molecule has 0 atom stereocenters. The lowest BCUT2D eigenvalue weighted by molar-refractivity contribution is -0.137. The van der Waals surface area contributed by atoms with Gasteiger partial charge in [-0.2, -0.15) is 4.80 Å². The predicted molar refractivity (Wildman–Crippen MR) is 107 cm³/mol. The Labute approximate surface area is 164 Å². The molecule has 2 aromatic carbocycles. The summed E-state index contributed by atoms with van der Waals surface area (Å²) in [6, 6.07) is 17.4. The molecule has 3 aromatic rings. The molecule has 146 valence electrons. The number of carbonyl (C=O) groups excluding carboxylic acids is 1. The van der Waals surface area contributed by atoms with Crippen LogP contribution in [0, 0.1) is 0 Å². The molecule has 1 amide bonds. The van der Waals surface area contributed by atoms with Crippen LogP contribution in [0.3, 0.4) is 0 Å². The molecular formula is C21H25N5O2. The largest absolute Gasteiger partial charge is 0.497 e. The summed E-state index contributed by atoms with van der Waals surface area (Å²) in [7, 11) is 1.61. The molecule has 3 rings (SSSR count). The van der Waals surface area contributed by atoms with E-state index >= 15 is 0 Å². The van der Waals surface area contributed by atoms with Crippen molar-refractivity contribution >= 4 is 5.91 Å². The van der Waals surface area contributed by atoms with Gasteiger partial charge in [-0.1, -0.05) is 42.5 Å². The van der Waals surface area contributed by atoms with Crippen LogP contribution >= 0.6 is 0 Å². The van der Waals surface area contributed by atoms with Gasteiger partial charge >= 0.3 is 0 Å². The van der Waals surface area contributed by atoms with E-state index in [2.05, 4.69) is 15.4 Å². The van der Waals surface area contributed by atoms with Crippen molar-refractivity contribution in [1.82, 2.24) is 25.1 Å². The highest BCUT2D eigenvalue weighted by molar-refractivity contribution is 5.76. The first-order valence-corrected chi connectivity index (χ1v) is 9.13. The average Bonchev–Trinajstić information content (AvgIpc) is 3.14. The minimum atomic E-state index is -0.330. The molecule has 0 spiro atoms. The van der Waals surface area contributed by atoms with Crippen molar-refractivity contribution in [3.05, 3.63) is 60.2 Å². The van der Waals surface area contributed by atoms with Crippen molar-refractivity contribution < 1.29 is 9.53 Å². The van der Waals surface area contributed by atoms with Crippen molar-refractivity contribution in [2.45, 2.75) is 39.4 Å². The van der Waals surface area contributed by atoms with Crippen LogP contribution in [-0.4, -0.2) is 43.7 Å². The second kappa shape index (κ2) is 8.21. The zero-order valence-electron chi connectivity index (χ0n) is 16.7. The SMILES string of the molecule is COc1cccc(-c2nnn(CC(=O)N(Cc3ccccc3)C(C)(C)C)n2)c1. The molecule has 0 aliphatic rings. The molecule has 0 radical (unpaired) electrons. The molecular weight excluding hydrogens is 354 g/mol. The number of methoxy groups -OCH3 is 1. The molecule has 1 heterocycles. The molecule has 0 fully saturated rings. The standard InChI is InChI=1S/C21H25N5O2/c1-21(2,3)25(14-16-9-6-5-7-10-16)19(27)15-26-23-20(22-24-26)17-11-8-12-18(13-17)28-4/h5-13H,14-15H2,1-4H3. The number of nitrogens with zero attached hydrogens (tertiary/aromatic N) is 5. The van der Waals surface area contributed by atoms with Gasteiger partial charge < -0.3 is 9.64 Å². The first kappa shape index (κ1) is 19.5. The van der Waals surface area contributed by atoms with Crippen LogP contribution in [0.2, 0.25) is 0 Å². The normalized spacial score (nSPS) is 11.3. The number of hydrogen-bond donors (Lipinski definition) is 0. The third-order valence-electron chi connectivity index (χ3n) is 4.35. The summed E-state index contributed by atoms with van der Waals surface area (Å²) in [4.78, 5) is 16.2. The Balaban J connectivity index is 1.76. The number of amides is 1. The van der Waals surface area contributed by atoms with Gasteiger partial charge in [0.05, 0.1) is 7.11 Å². The number of rotatable bonds is 6. The maximum atomic E-state index is 13.0. The maximum absolute atomic E-state index is 13.0. The molecule has 0 N–H and O–H groups in total. The van der Waals surface area contributed by atoms with Crippen LogP contribution in [0.4, 0.5) is 0 Å². The fourth-order valence-electron chi connectivity index (χ4n) is 2.86. The fourth-order valence-corrected chi connectivity index (χ4v) is 2.86. The Kier molecular flexibility index (Phi) is 5.73. The van der Waals surface area contributed by atoms with E-state index in [0.29, 0.717) is 18.1 Å². The second-order valence-electron chi connectivity index (χ2n) is 7.51. The van der Waals surface area contributed by atoms with Gasteiger partial charge in [0.1, 0.15) is 12.3 Å². The van der Waals surface area contributed by atoms with Gasteiger partial charge in [-0.05, 0) is 43.7 Å². The van der Waals surface area contributed by atoms with E-state index in [9.17, 15) is 4.79 Å². The molecule has 0 saturated carbocycles. The van der Waals surface area contributed by atoms with Crippen LogP contribution in [0.1, 0.15) is 26.3 Å². The van der Waals surface area contributed by atoms with Crippen molar-refractivity contribution in [2.75, 3.05) is 7.11 Å². The smallest absolute Gasteiger partial charge is 0.246 e. The van der Waals surface area contributed by atoms with Crippen LogP contribution in [0.5, 0.6) is 5.75 Å². The first-order valence-electron chi connectivity index (χ1n) is 9.13. The number of carbonyl (C=O) groups is 1. The molecule has 0 aliphatic carbocycles. The Bertz CT molecular complexity index is 931. The zero-order valence-corrected chi connectivity index (χ0v) is 16.7. The lowest BCUT2D eigenvalue weighted by Crippen LogP contribution is -2.46. The van der Waals surface area contributed by atoms with Gasteiger partial charge in [0.15, 0.2) is 0 Å². The molecule has 7 heteroatoms. The third-order valence-corrected chi connectivity index (χ3v) is 4.35. The Morgan fingerprint density at radius 3 is 2.54 bits per heavy atom. The molecule has 7 nitrogen and oxygen atoms in total. The van der Waals surface area contributed by atoms with Gasteiger partial charge in [0.2, 0.25) is 11.7 Å². The van der Waals surface area contributed by atoms with E-state index in [0.717, 1.165) is 11.1 Å². The third kappa shape index (κ3) is 4.73. The average molecular weight is 379 g/mol. The van der Waals surface area contributed by atoms with Gasteiger partial charge in [-0.3, -0.25) is 4.79 Å². The number of ether oxygens (including phenoxy) is 1. The second-order valence-corrected chi connectivity index (χ2v) is 7.51. The summed E-state index contributed by atoms with van der Waals surface area (Å²) < 4.78 is 5.23. The predicted octanol–water partition coefficient (Wildman–Crippen LogP) is 3.18. The van der Waals surface area contributed by atoms with E-state index in [1.807, 2.05) is 80.3 Å². The van der Waals surface area contributed by atoms with Crippen LogP contribution in [-0.2, 0) is 17.9 Å². The van der Waals surface area contributed by atoms with E-state index in [1.165, 1.54) is 4.80 Å². The number of aromatic nitrogens is 4. The summed E-state index contributed by atoms with van der Waals surface area (Å²) >= 11 is 0. The summed E-state index contributed by atoms with van der Waals surface area (Å²) in [6.07, 6.45) is 0. The molecule has 0 aliphatic heterocycles. The Hall–Kier alpha value is -3.22. The summed E-state index contributed by atoms with van der Waals surface area (Å²) in [5.74, 6) is 1.11. The molecule has 0 saturated heterocycles. The first-order chi connectivity index (χ1) is 13.4. The Morgan fingerprint density at radius 2 is 1.86 bits per heavy atom. The highest BCUT2D eigenvalue weighted by Gasteiger charge is 2.27. The van der Waals surface area contributed by atoms with Crippen molar-refractivity contribution in [3.63, 3.8) is 0 Å². The summed E-state index contributed by atoms with van der Waals surface area (Å²) in [5.41, 5.74) is 1.53. The molecule has 1 aromatic heterocycles. The fraction of sp³-hybridized carbons (Fsp3) is 0.333. The molecule has 0 unspecified atom stereocenters. The molecule has 0 bridgehead atoms. The number of hydrogen-bond acceptors (Lipinski definition) is 5. The van der Waals surface area contributed by atoms with Gasteiger partial charge in [-0.15, -0.1) is 10.2 Å². The van der Waals surface area contributed by atoms with Crippen LogP contribution < -0.4 is 4.74 Å². The summed E-state index contributed by atoms with van der Waals surface area (Å²) in [6.45, 7) is 6.61. The number of tetrazole rings is 1. The van der Waals surface area contributed by atoms with E-state index in [4.69, 9.17) is 4.74 Å². The lowest BCUT2D eigenvalue weighted by atomic mass is 10.0. The molecule has 28 heavy (non-hydrogen) atoms. The lowest BCUT2D eigenvalue weighted by Gasteiger charge is -2.35. The van der Waals surface area contributed by atoms with E-state index in [1.54, 1.807) is 7.11 Å². The Morgan fingerprint density at radius 1 is 1.11 bits per heavy atom. The van der Waals surface area contributed by atoms with Crippen LogP contribution in [0.25, 0.3) is 11.4 Å². The van der Waals surface area contributed by atoms with Crippen molar-refractivity contribution in [2.24, 2.45) is 0 Å². The van der Waals surface area contributed by atoms with Gasteiger partial charge in [0.25, 0.3) is 0 Å². The monoisotopic (exact) mass is 379 g/mol. The maximum Gasteiger partial charge on any atom is 0.246 e. The quantitative estimate of drug-likeness (QED) is 0.658. The summed E-state index contributed by atoms with van der Waals surface area (Å²) in [5, 5.41) is 12.5.